The molecule has 0 aliphatic heterocycles. The lowest BCUT2D eigenvalue weighted by molar-refractivity contribution is 0.0952. The van der Waals surface area contributed by atoms with Gasteiger partial charge in [0, 0.05) is 35.2 Å². The average molecular weight is 393 g/mol. The van der Waals surface area contributed by atoms with Gasteiger partial charge in [0.25, 0.3) is 5.91 Å². The van der Waals surface area contributed by atoms with E-state index in [4.69, 9.17) is 4.98 Å². The molecule has 0 unspecified atom stereocenters. The molecule has 0 fully saturated rings. The summed E-state index contributed by atoms with van der Waals surface area (Å²) in [4.78, 5) is 26.5. The number of hydrogen-bond donors (Lipinski definition) is 1. The number of para-hydroxylation sites is 1. The Hall–Kier alpha value is -4.06. The highest BCUT2D eigenvalue weighted by atomic mass is 16.1. The highest BCUT2D eigenvalue weighted by Crippen LogP contribution is 2.24. The number of nitrogens with one attached hydrogen (secondary N) is 1. The summed E-state index contributed by atoms with van der Waals surface area (Å²) < 4.78 is 2.02. The van der Waals surface area contributed by atoms with Crippen LogP contribution in [-0.2, 0) is 6.54 Å². The molecule has 0 spiro atoms. The van der Waals surface area contributed by atoms with E-state index in [-0.39, 0.29) is 5.91 Å². The lowest BCUT2D eigenvalue weighted by Gasteiger charge is -2.10. The Balaban J connectivity index is 1.48. The molecule has 5 aromatic rings. The molecule has 0 atom stereocenters. The highest BCUT2D eigenvalue weighted by molar-refractivity contribution is 6.07. The molecule has 4 aromatic heterocycles. The maximum Gasteiger partial charge on any atom is 0.252 e. The van der Waals surface area contributed by atoms with Crippen molar-refractivity contribution < 1.29 is 4.79 Å². The lowest BCUT2D eigenvalue weighted by atomic mass is 10.0. The van der Waals surface area contributed by atoms with Crippen LogP contribution in [0.3, 0.4) is 0 Å². The van der Waals surface area contributed by atoms with E-state index >= 15 is 0 Å². The third-order valence-corrected chi connectivity index (χ3v) is 5.11. The summed E-state index contributed by atoms with van der Waals surface area (Å²) in [6, 6.07) is 19.2. The first-order valence-corrected chi connectivity index (χ1v) is 9.71. The molecular formula is C24H19N5O. The number of carbonyl (C=O) groups excluding carboxylic acids is 1. The average Bonchev–Trinajstić information content (AvgIpc) is 3.22. The summed E-state index contributed by atoms with van der Waals surface area (Å²) in [6.45, 7) is 2.38. The molecule has 0 saturated carbocycles. The van der Waals surface area contributed by atoms with E-state index in [0.717, 1.165) is 39.2 Å². The van der Waals surface area contributed by atoms with Crippen LogP contribution in [0, 0.1) is 6.92 Å². The fraction of sp³-hybridized carbons (Fsp3) is 0.0833. The molecule has 0 bridgehead atoms. The van der Waals surface area contributed by atoms with Crippen molar-refractivity contribution >= 4 is 22.5 Å². The fourth-order valence-electron chi connectivity index (χ4n) is 3.58. The number of imidazole rings is 1. The molecular weight excluding hydrogens is 374 g/mol. The van der Waals surface area contributed by atoms with Crippen molar-refractivity contribution in [3.05, 3.63) is 96.2 Å². The number of rotatable bonds is 4. The normalized spacial score (nSPS) is 11.1. The first-order chi connectivity index (χ1) is 14.7. The van der Waals surface area contributed by atoms with Crippen LogP contribution in [0.4, 0.5) is 0 Å². The van der Waals surface area contributed by atoms with Gasteiger partial charge in [0.1, 0.15) is 5.65 Å². The molecule has 1 N–H and O–H groups in total. The predicted molar refractivity (Wildman–Crippen MR) is 116 cm³/mol. The molecule has 6 nitrogen and oxygen atoms in total. The largest absolute Gasteiger partial charge is 0.346 e. The Kier molecular flexibility index (Phi) is 4.44. The number of aryl methyl sites for hydroxylation is 1. The Morgan fingerprint density at radius 2 is 1.83 bits per heavy atom. The van der Waals surface area contributed by atoms with Crippen molar-refractivity contribution in [3.8, 4) is 11.3 Å². The van der Waals surface area contributed by atoms with Crippen molar-refractivity contribution in [1.29, 1.82) is 0 Å². The van der Waals surface area contributed by atoms with Gasteiger partial charge in [-0.1, -0.05) is 24.3 Å². The van der Waals surface area contributed by atoms with E-state index < -0.39 is 0 Å². The van der Waals surface area contributed by atoms with Crippen LogP contribution in [0.5, 0.6) is 0 Å². The van der Waals surface area contributed by atoms with Gasteiger partial charge in [-0.3, -0.25) is 9.78 Å². The summed E-state index contributed by atoms with van der Waals surface area (Å²) in [5, 5.41) is 3.83. The number of nitrogens with zero attached hydrogens (tertiary/aromatic N) is 4. The fourth-order valence-corrected chi connectivity index (χ4v) is 3.58. The van der Waals surface area contributed by atoms with Gasteiger partial charge in [0.2, 0.25) is 0 Å². The van der Waals surface area contributed by atoms with Crippen LogP contribution in [0.2, 0.25) is 0 Å². The second-order valence-corrected chi connectivity index (χ2v) is 7.12. The van der Waals surface area contributed by atoms with Crippen molar-refractivity contribution in [2.45, 2.75) is 13.5 Å². The minimum Gasteiger partial charge on any atom is -0.346 e. The standard InChI is InChI=1S/C24H19N5O/c1-16-5-4-8-23-27-18(15-29(16)23)14-26-24(30)20-13-22(17-9-11-25-12-10-17)28-21-7-3-2-6-19(20)21/h2-13,15H,14H2,1H3,(H,26,30). The van der Waals surface area contributed by atoms with Gasteiger partial charge in [0.05, 0.1) is 29.0 Å². The molecule has 0 saturated heterocycles. The van der Waals surface area contributed by atoms with Crippen LogP contribution < -0.4 is 5.32 Å². The maximum atomic E-state index is 13.1. The molecule has 0 aliphatic carbocycles. The van der Waals surface area contributed by atoms with Crippen LogP contribution in [0.1, 0.15) is 21.7 Å². The molecule has 5 rings (SSSR count). The quantitative estimate of drug-likeness (QED) is 0.497. The highest BCUT2D eigenvalue weighted by Gasteiger charge is 2.14. The van der Waals surface area contributed by atoms with Gasteiger partial charge in [-0.25, -0.2) is 9.97 Å². The maximum absolute atomic E-state index is 13.1. The van der Waals surface area contributed by atoms with Gasteiger partial charge in [-0.15, -0.1) is 0 Å². The lowest BCUT2D eigenvalue weighted by Crippen LogP contribution is -2.23. The van der Waals surface area contributed by atoms with E-state index in [9.17, 15) is 4.79 Å². The molecule has 146 valence electrons. The van der Waals surface area contributed by atoms with E-state index in [1.54, 1.807) is 12.4 Å². The van der Waals surface area contributed by atoms with Crippen LogP contribution in [0.15, 0.2) is 79.3 Å². The number of benzene rings is 1. The van der Waals surface area contributed by atoms with Gasteiger partial charge in [-0.2, -0.15) is 0 Å². The Labute approximate surface area is 173 Å². The minimum absolute atomic E-state index is 0.155. The molecule has 6 heteroatoms. The number of aromatic nitrogens is 4. The molecule has 1 aromatic carbocycles. The summed E-state index contributed by atoms with van der Waals surface area (Å²) >= 11 is 0. The van der Waals surface area contributed by atoms with Crippen LogP contribution in [-0.4, -0.2) is 25.3 Å². The molecule has 1 amide bonds. The molecule has 4 heterocycles. The van der Waals surface area contributed by atoms with Crippen molar-refractivity contribution in [2.24, 2.45) is 0 Å². The predicted octanol–water partition coefficient (Wildman–Crippen LogP) is 4.18. The number of hydrogen-bond acceptors (Lipinski definition) is 4. The number of pyridine rings is 3. The summed E-state index contributed by atoms with van der Waals surface area (Å²) in [5.74, 6) is -0.155. The Morgan fingerprint density at radius 3 is 2.67 bits per heavy atom. The van der Waals surface area contributed by atoms with Gasteiger partial charge >= 0.3 is 0 Å². The first-order valence-electron chi connectivity index (χ1n) is 9.71. The van der Waals surface area contributed by atoms with Crippen molar-refractivity contribution in [2.75, 3.05) is 0 Å². The topological polar surface area (TPSA) is 72.2 Å². The number of carbonyl (C=O) groups is 1. The number of amides is 1. The molecule has 30 heavy (non-hydrogen) atoms. The second kappa shape index (κ2) is 7.40. The second-order valence-electron chi connectivity index (χ2n) is 7.12. The third-order valence-electron chi connectivity index (χ3n) is 5.11. The van der Waals surface area contributed by atoms with Crippen LogP contribution in [0.25, 0.3) is 27.8 Å². The smallest absolute Gasteiger partial charge is 0.252 e. The zero-order chi connectivity index (χ0) is 20.5. The van der Waals surface area contributed by atoms with E-state index in [1.807, 2.05) is 78.2 Å². The van der Waals surface area contributed by atoms with Crippen molar-refractivity contribution in [3.63, 3.8) is 0 Å². The van der Waals surface area contributed by atoms with E-state index in [2.05, 4.69) is 15.3 Å². The number of fused-ring (bicyclic) bond motifs is 2. The van der Waals surface area contributed by atoms with Gasteiger partial charge < -0.3 is 9.72 Å². The van der Waals surface area contributed by atoms with E-state index in [1.165, 1.54) is 0 Å². The summed E-state index contributed by atoms with van der Waals surface area (Å²) in [6.07, 6.45) is 5.40. The Bertz CT molecular complexity index is 1370. The zero-order valence-corrected chi connectivity index (χ0v) is 16.4. The van der Waals surface area contributed by atoms with Crippen LogP contribution >= 0.6 is 0 Å². The Morgan fingerprint density at radius 1 is 1.00 bits per heavy atom. The van der Waals surface area contributed by atoms with Crippen molar-refractivity contribution in [1.82, 2.24) is 24.7 Å². The first kappa shape index (κ1) is 18.0. The SMILES string of the molecule is Cc1cccc2nc(CNC(=O)c3cc(-c4ccncc4)nc4ccccc34)cn12. The summed E-state index contributed by atoms with van der Waals surface area (Å²) in [5.41, 5.74) is 5.80. The van der Waals surface area contributed by atoms with E-state index in [0.29, 0.717) is 12.1 Å². The zero-order valence-electron chi connectivity index (χ0n) is 16.4. The monoisotopic (exact) mass is 393 g/mol. The summed E-state index contributed by atoms with van der Waals surface area (Å²) in [7, 11) is 0. The molecule has 0 aliphatic rings. The van der Waals surface area contributed by atoms with Gasteiger partial charge in [-0.05, 0) is 43.3 Å². The van der Waals surface area contributed by atoms with Gasteiger partial charge in [0.15, 0.2) is 0 Å². The molecule has 0 radical (unpaired) electrons. The minimum atomic E-state index is -0.155. The third kappa shape index (κ3) is 3.28.